The van der Waals surface area contributed by atoms with Crippen LogP contribution in [0.4, 0.5) is 0 Å². The number of nitrogens with one attached hydrogen (secondary N) is 1. The molecule has 0 fully saturated rings. The van der Waals surface area contributed by atoms with Crippen molar-refractivity contribution >= 4 is 23.4 Å². The van der Waals surface area contributed by atoms with Gasteiger partial charge in [0.15, 0.2) is 10.4 Å². The Hall–Kier alpha value is -1.40. The van der Waals surface area contributed by atoms with Crippen LogP contribution in [0, 0.1) is 4.77 Å². The highest BCUT2D eigenvalue weighted by molar-refractivity contribution is 7.71. The van der Waals surface area contributed by atoms with Crippen LogP contribution in [0.15, 0.2) is 12.1 Å². The van der Waals surface area contributed by atoms with Gasteiger partial charge in [-0.2, -0.15) is 4.98 Å². The SMILES string of the molecule is CCOC(C)Cn1c(=S)[nH]c2ccc(OC)nc21. The molecule has 5 nitrogen and oxygen atoms in total. The van der Waals surface area contributed by atoms with Crippen molar-refractivity contribution < 1.29 is 9.47 Å². The predicted molar refractivity (Wildman–Crippen MR) is 72.6 cm³/mol. The fourth-order valence-corrected chi connectivity index (χ4v) is 2.16. The summed E-state index contributed by atoms with van der Waals surface area (Å²) in [5, 5.41) is 0. The summed E-state index contributed by atoms with van der Waals surface area (Å²) in [6, 6.07) is 3.72. The minimum Gasteiger partial charge on any atom is -0.481 e. The molecular formula is C12H17N3O2S. The van der Waals surface area contributed by atoms with Gasteiger partial charge < -0.3 is 14.5 Å². The van der Waals surface area contributed by atoms with Crippen LogP contribution in [-0.2, 0) is 11.3 Å². The Kier molecular flexibility index (Phi) is 3.98. The van der Waals surface area contributed by atoms with E-state index in [0.29, 0.717) is 23.8 Å². The van der Waals surface area contributed by atoms with Gasteiger partial charge in [-0.05, 0) is 32.1 Å². The second kappa shape index (κ2) is 5.49. The van der Waals surface area contributed by atoms with E-state index in [9.17, 15) is 0 Å². The van der Waals surface area contributed by atoms with Crippen molar-refractivity contribution in [2.24, 2.45) is 0 Å². The minimum absolute atomic E-state index is 0.0914. The Morgan fingerprint density at radius 1 is 1.50 bits per heavy atom. The molecule has 2 rings (SSSR count). The highest BCUT2D eigenvalue weighted by Crippen LogP contribution is 2.17. The summed E-state index contributed by atoms with van der Waals surface area (Å²) in [6.07, 6.45) is 0.0914. The molecule has 0 saturated carbocycles. The van der Waals surface area contributed by atoms with Crippen molar-refractivity contribution in [3.05, 3.63) is 16.9 Å². The molecule has 98 valence electrons. The summed E-state index contributed by atoms with van der Waals surface area (Å²) in [5.41, 5.74) is 1.70. The number of methoxy groups -OCH3 is 1. The zero-order valence-electron chi connectivity index (χ0n) is 10.8. The quantitative estimate of drug-likeness (QED) is 0.846. The number of H-pyrrole nitrogens is 1. The van der Waals surface area contributed by atoms with Crippen molar-refractivity contribution in [2.75, 3.05) is 13.7 Å². The number of ether oxygens (including phenoxy) is 2. The number of nitrogens with zero attached hydrogens (tertiary/aromatic N) is 2. The standard InChI is InChI=1S/C12H17N3O2S/c1-4-17-8(2)7-15-11-9(13-12(15)18)5-6-10(14-11)16-3/h5-6,8H,4,7H2,1-3H3,(H,13,18). The summed E-state index contributed by atoms with van der Waals surface area (Å²) in [6.45, 7) is 5.36. The largest absolute Gasteiger partial charge is 0.481 e. The van der Waals surface area contributed by atoms with E-state index in [4.69, 9.17) is 21.7 Å². The second-order valence-electron chi connectivity index (χ2n) is 4.03. The Morgan fingerprint density at radius 3 is 2.94 bits per heavy atom. The first kappa shape index (κ1) is 13.0. The van der Waals surface area contributed by atoms with Gasteiger partial charge in [0.1, 0.15) is 0 Å². The van der Waals surface area contributed by atoms with Crippen molar-refractivity contribution in [1.29, 1.82) is 0 Å². The zero-order chi connectivity index (χ0) is 13.1. The Morgan fingerprint density at radius 2 is 2.28 bits per heavy atom. The van der Waals surface area contributed by atoms with E-state index in [2.05, 4.69) is 9.97 Å². The number of rotatable bonds is 5. The molecule has 18 heavy (non-hydrogen) atoms. The number of fused-ring (bicyclic) bond motifs is 1. The minimum atomic E-state index is 0.0914. The van der Waals surface area contributed by atoms with Crippen LogP contribution in [0.2, 0.25) is 0 Å². The first-order valence-corrected chi connectivity index (χ1v) is 6.31. The molecule has 0 spiro atoms. The van der Waals surface area contributed by atoms with Crippen LogP contribution in [-0.4, -0.2) is 34.4 Å². The smallest absolute Gasteiger partial charge is 0.215 e. The first-order valence-electron chi connectivity index (χ1n) is 5.90. The van der Waals surface area contributed by atoms with Gasteiger partial charge in [0, 0.05) is 12.7 Å². The van der Waals surface area contributed by atoms with Crippen molar-refractivity contribution in [3.8, 4) is 5.88 Å². The molecule has 1 unspecified atom stereocenters. The topological polar surface area (TPSA) is 52.1 Å². The fourth-order valence-electron chi connectivity index (χ4n) is 1.89. The summed E-state index contributed by atoms with van der Waals surface area (Å²) < 4.78 is 13.3. The van der Waals surface area contributed by atoms with Crippen molar-refractivity contribution in [1.82, 2.24) is 14.5 Å². The maximum absolute atomic E-state index is 5.54. The molecule has 1 atom stereocenters. The molecule has 2 aromatic rings. The zero-order valence-corrected chi connectivity index (χ0v) is 11.6. The van der Waals surface area contributed by atoms with E-state index < -0.39 is 0 Å². The third-order valence-corrected chi connectivity index (χ3v) is 3.01. The van der Waals surface area contributed by atoms with E-state index >= 15 is 0 Å². The lowest BCUT2D eigenvalue weighted by Gasteiger charge is -2.12. The van der Waals surface area contributed by atoms with E-state index in [-0.39, 0.29) is 6.10 Å². The van der Waals surface area contributed by atoms with Gasteiger partial charge in [-0.25, -0.2) is 0 Å². The van der Waals surface area contributed by atoms with Gasteiger partial charge in [-0.3, -0.25) is 4.57 Å². The number of imidazole rings is 1. The number of aromatic nitrogens is 3. The molecule has 0 amide bonds. The number of aromatic amines is 1. The Balaban J connectivity index is 2.41. The van der Waals surface area contributed by atoms with Gasteiger partial charge in [0.05, 0.1) is 25.3 Å². The summed E-state index contributed by atoms with van der Waals surface area (Å²) in [5.74, 6) is 0.578. The molecule has 0 radical (unpaired) electrons. The first-order chi connectivity index (χ1) is 8.65. The van der Waals surface area contributed by atoms with Gasteiger partial charge in [0.25, 0.3) is 0 Å². The van der Waals surface area contributed by atoms with E-state index in [1.807, 2.05) is 30.5 Å². The van der Waals surface area contributed by atoms with Crippen LogP contribution < -0.4 is 4.74 Å². The molecular weight excluding hydrogens is 250 g/mol. The van der Waals surface area contributed by atoms with Gasteiger partial charge in [-0.1, -0.05) is 0 Å². The van der Waals surface area contributed by atoms with Crippen LogP contribution in [0.5, 0.6) is 5.88 Å². The average Bonchev–Trinajstić information content (AvgIpc) is 2.65. The van der Waals surface area contributed by atoms with Gasteiger partial charge in [0.2, 0.25) is 5.88 Å². The lowest BCUT2D eigenvalue weighted by atomic mass is 10.4. The van der Waals surface area contributed by atoms with Gasteiger partial charge in [-0.15, -0.1) is 0 Å². The fraction of sp³-hybridized carbons (Fsp3) is 0.500. The molecule has 6 heteroatoms. The predicted octanol–water partition coefficient (Wildman–Crippen LogP) is 2.53. The average molecular weight is 267 g/mol. The number of hydrogen-bond acceptors (Lipinski definition) is 4. The summed E-state index contributed by atoms with van der Waals surface area (Å²) in [4.78, 5) is 7.54. The molecule has 2 aromatic heterocycles. The number of pyridine rings is 1. The van der Waals surface area contributed by atoms with Crippen LogP contribution in [0.1, 0.15) is 13.8 Å². The highest BCUT2D eigenvalue weighted by Gasteiger charge is 2.10. The molecule has 0 aliphatic rings. The maximum Gasteiger partial charge on any atom is 0.215 e. The Labute approximate surface area is 111 Å². The second-order valence-corrected chi connectivity index (χ2v) is 4.42. The lowest BCUT2D eigenvalue weighted by molar-refractivity contribution is 0.0644. The van der Waals surface area contributed by atoms with Crippen LogP contribution in [0.25, 0.3) is 11.2 Å². The van der Waals surface area contributed by atoms with E-state index in [1.54, 1.807) is 7.11 Å². The lowest BCUT2D eigenvalue weighted by Crippen LogP contribution is -2.16. The van der Waals surface area contributed by atoms with Crippen molar-refractivity contribution in [3.63, 3.8) is 0 Å². The molecule has 0 aromatic carbocycles. The Bertz CT molecular complexity index is 591. The molecule has 0 aliphatic carbocycles. The van der Waals surface area contributed by atoms with Crippen LogP contribution in [0.3, 0.4) is 0 Å². The monoisotopic (exact) mass is 267 g/mol. The molecule has 0 bridgehead atoms. The third kappa shape index (κ3) is 2.54. The molecule has 2 heterocycles. The highest BCUT2D eigenvalue weighted by atomic mass is 32.1. The van der Waals surface area contributed by atoms with Crippen LogP contribution >= 0.6 is 12.2 Å². The molecule has 0 saturated heterocycles. The van der Waals surface area contributed by atoms with Crippen molar-refractivity contribution in [2.45, 2.75) is 26.5 Å². The summed E-state index contributed by atoms with van der Waals surface area (Å²) >= 11 is 5.31. The molecule has 0 aliphatic heterocycles. The normalized spacial score (nSPS) is 12.8. The number of hydrogen-bond donors (Lipinski definition) is 1. The third-order valence-electron chi connectivity index (χ3n) is 2.69. The van der Waals surface area contributed by atoms with Gasteiger partial charge >= 0.3 is 0 Å². The van der Waals surface area contributed by atoms with E-state index in [1.165, 1.54) is 0 Å². The maximum atomic E-state index is 5.54. The molecule has 1 N–H and O–H groups in total. The van der Waals surface area contributed by atoms with E-state index in [0.717, 1.165) is 11.2 Å². The summed E-state index contributed by atoms with van der Waals surface area (Å²) in [7, 11) is 1.60.